The molecule has 0 aromatic heterocycles. The molecule has 2 aromatic rings. The zero-order chi connectivity index (χ0) is 18.3. The smallest absolute Gasteiger partial charge is 0.233 e. The van der Waals surface area contributed by atoms with E-state index in [9.17, 15) is 13.5 Å². The Hall–Kier alpha value is -1.95. The average molecular weight is 359 g/mol. The molecule has 5 heteroatoms. The van der Waals surface area contributed by atoms with Gasteiger partial charge in [0.2, 0.25) is 10.0 Å². The summed E-state index contributed by atoms with van der Waals surface area (Å²) in [5.41, 5.74) is 1.94. The highest BCUT2D eigenvalue weighted by atomic mass is 32.2. The summed E-state index contributed by atoms with van der Waals surface area (Å²) in [6.07, 6.45) is 2.70. The third-order valence-electron chi connectivity index (χ3n) is 3.97. The van der Waals surface area contributed by atoms with Crippen molar-refractivity contribution in [3.05, 3.63) is 76.7 Å². The van der Waals surface area contributed by atoms with Gasteiger partial charge in [-0.3, -0.25) is 0 Å². The van der Waals surface area contributed by atoms with Crippen molar-refractivity contribution in [1.29, 1.82) is 0 Å². The lowest BCUT2D eigenvalue weighted by atomic mass is 9.97. The fourth-order valence-corrected chi connectivity index (χ4v) is 3.24. The largest absolute Gasteiger partial charge is 0.389 e. The molecule has 0 aliphatic rings. The van der Waals surface area contributed by atoms with Crippen LogP contribution in [0, 0.1) is 6.92 Å². The van der Waals surface area contributed by atoms with Gasteiger partial charge in [0.1, 0.15) is 0 Å². The molecule has 0 spiro atoms. The minimum atomic E-state index is -3.60. The molecular weight excluding hydrogens is 334 g/mol. The van der Waals surface area contributed by atoms with Crippen molar-refractivity contribution in [2.45, 2.75) is 32.3 Å². The number of hydrogen-bond acceptors (Lipinski definition) is 3. The van der Waals surface area contributed by atoms with Crippen LogP contribution < -0.4 is 4.72 Å². The van der Waals surface area contributed by atoms with Crippen molar-refractivity contribution in [3.63, 3.8) is 0 Å². The molecule has 0 aliphatic carbocycles. The molecule has 0 amide bonds. The van der Waals surface area contributed by atoms with Crippen LogP contribution in [0.1, 0.15) is 30.0 Å². The summed E-state index contributed by atoms with van der Waals surface area (Å²) in [6.45, 7) is 3.59. The van der Waals surface area contributed by atoms with E-state index < -0.39 is 15.6 Å². The first-order chi connectivity index (χ1) is 11.8. The van der Waals surface area contributed by atoms with Gasteiger partial charge < -0.3 is 5.11 Å². The van der Waals surface area contributed by atoms with E-state index >= 15 is 0 Å². The first-order valence-corrected chi connectivity index (χ1v) is 9.81. The van der Waals surface area contributed by atoms with Crippen LogP contribution in [0.25, 0.3) is 6.08 Å². The van der Waals surface area contributed by atoms with Gasteiger partial charge in [-0.15, -0.1) is 0 Å². The van der Waals surface area contributed by atoms with Gasteiger partial charge in [0.25, 0.3) is 0 Å². The predicted molar refractivity (Wildman–Crippen MR) is 103 cm³/mol. The Morgan fingerprint density at radius 2 is 1.72 bits per heavy atom. The van der Waals surface area contributed by atoms with E-state index in [1.165, 1.54) is 0 Å². The highest BCUT2D eigenvalue weighted by molar-refractivity contribution is 7.92. The Morgan fingerprint density at radius 1 is 1.08 bits per heavy atom. The number of hydrogen-bond donors (Lipinski definition) is 2. The Balaban J connectivity index is 1.88. The van der Waals surface area contributed by atoms with E-state index in [1.807, 2.05) is 61.5 Å². The second-order valence-electron chi connectivity index (χ2n) is 6.56. The minimum absolute atomic E-state index is 0.0274. The fourth-order valence-electron chi connectivity index (χ4n) is 2.30. The van der Waals surface area contributed by atoms with E-state index in [4.69, 9.17) is 0 Å². The molecule has 2 rings (SSSR count). The molecule has 25 heavy (non-hydrogen) atoms. The molecule has 2 aromatic carbocycles. The van der Waals surface area contributed by atoms with Crippen molar-refractivity contribution in [2.24, 2.45) is 0 Å². The van der Waals surface area contributed by atoms with Crippen molar-refractivity contribution in [2.75, 3.05) is 6.54 Å². The van der Waals surface area contributed by atoms with Gasteiger partial charge in [-0.25, -0.2) is 13.1 Å². The lowest BCUT2D eigenvalue weighted by Gasteiger charge is -2.23. The summed E-state index contributed by atoms with van der Waals surface area (Å²) in [7, 11) is -3.60. The number of aliphatic hydroxyl groups is 1. The third kappa shape index (κ3) is 7.22. The molecule has 0 aliphatic heterocycles. The van der Waals surface area contributed by atoms with E-state index in [0.717, 1.165) is 22.1 Å². The summed E-state index contributed by atoms with van der Waals surface area (Å²) < 4.78 is 26.6. The Kier molecular flexibility index (Phi) is 6.53. The van der Waals surface area contributed by atoms with E-state index in [1.54, 1.807) is 13.0 Å². The first kappa shape index (κ1) is 19.4. The first-order valence-electron chi connectivity index (χ1n) is 8.27. The van der Waals surface area contributed by atoms with Crippen LogP contribution in [0.2, 0.25) is 0 Å². The van der Waals surface area contributed by atoms with Gasteiger partial charge in [-0.1, -0.05) is 60.2 Å². The van der Waals surface area contributed by atoms with Crippen molar-refractivity contribution >= 4 is 16.1 Å². The molecule has 0 heterocycles. The number of benzene rings is 2. The van der Waals surface area contributed by atoms with Crippen molar-refractivity contribution < 1.29 is 13.5 Å². The molecule has 0 radical (unpaired) electrons. The molecule has 0 saturated heterocycles. The van der Waals surface area contributed by atoms with E-state index in [2.05, 4.69) is 4.72 Å². The molecule has 1 unspecified atom stereocenters. The molecule has 0 fully saturated rings. The van der Waals surface area contributed by atoms with Crippen LogP contribution in [0.3, 0.4) is 0 Å². The maximum atomic E-state index is 12.1. The van der Waals surface area contributed by atoms with E-state index in [-0.39, 0.29) is 6.54 Å². The summed E-state index contributed by atoms with van der Waals surface area (Å²) in [5.74, 6) is 0. The average Bonchev–Trinajstić information content (AvgIpc) is 2.59. The van der Waals surface area contributed by atoms with Gasteiger partial charge in [0.15, 0.2) is 0 Å². The maximum Gasteiger partial charge on any atom is 0.233 e. The Bertz CT molecular complexity index is 795. The maximum absolute atomic E-state index is 12.1. The number of aryl methyl sites for hydroxylation is 2. The second kappa shape index (κ2) is 8.43. The summed E-state index contributed by atoms with van der Waals surface area (Å²) in [4.78, 5) is 0. The zero-order valence-corrected chi connectivity index (χ0v) is 15.5. The second-order valence-corrected chi connectivity index (χ2v) is 8.21. The molecule has 1 atom stereocenters. The van der Waals surface area contributed by atoms with Crippen LogP contribution in [0.15, 0.2) is 60.0 Å². The Morgan fingerprint density at radius 3 is 2.36 bits per heavy atom. The lowest BCUT2D eigenvalue weighted by Crippen LogP contribution is -2.40. The molecule has 0 saturated carbocycles. The van der Waals surface area contributed by atoms with Crippen LogP contribution >= 0.6 is 0 Å². The molecule has 0 bridgehead atoms. The Labute approximate surface area is 150 Å². The lowest BCUT2D eigenvalue weighted by molar-refractivity contribution is 0.0566. The van der Waals surface area contributed by atoms with Crippen LogP contribution in [0.4, 0.5) is 0 Å². The number of rotatable bonds is 8. The summed E-state index contributed by atoms with van der Waals surface area (Å²) in [6, 6.07) is 17.4. The van der Waals surface area contributed by atoms with Crippen LogP contribution in [-0.2, 0) is 16.4 Å². The SMILES string of the molecule is Cc1ccc(/C=C/S(=O)(=O)NCC(C)(O)CCc2ccccc2)cc1. The van der Waals surface area contributed by atoms with Crippen LogP contribution in [-0.4, -0.2) is 25.7 Å². The van der Waals surface area contributed by atoms with Crippen molar-refractivity contribution in [3.8, 4) is 0 Å². The van der Waals surface area contributed by atoms with Gasteiger partial charge >= 0.3 is 0 Å². The molecular formula is C20H25NO3S. The van der Waals surface area contributed by atoms with Gasteiger partial charge in [-0.2, -0.15) is 0 Å². The van der Waals surface area contributed by atoms with Crippen molar-refractivity contribution in [1.82, 2.24) is 4.72 Å². The topological polar surface area (TPSA) is 66.4 Å². The zero-order valence-electron chi connectivity index (χ0n) is 14.6. The molecule has 134 valence electrons. The van der Waals surface area contributed by atoms with E-state index in [0.29, 0.717) is 12.8 Å². The predicted octanol–water partition coefficient (Wildman–Crippen LogP) is 3.27. The standard InChI is InChI=1S/C20H25NO3S/c1-17-8-10-19(11-9-17)13-15-25(23,24)21-16-20(2,22)14-12-18-6-4-3-5-7-18/h3-11,13,15,21-22H,12,14,16H2,1-2H3/b15-13+. The fraction of sp³-hybridized carbons (Fsp3) is 0.300. The van der Waals surface area contributed by atoms with Gasteiger partial charge in [0.05, 0.1) is 5.60 Å². The highest BCUT2D eigenvalue weighted by Gasteiger charge is 2.22. The normalized spacial score (nSPS) is 14.5. The molecule has 4 nitrogen and oxygen atoms in total. The van der Waals surface area contributed by atoms with Gasteiger partial charge in [0, 0.05) is 12.0 Å². The highest BCUT2D eigenvalue weighted by Crippen LogP contribution is 2.14. The minimum Gasteiger partial charge on any atom is -0.389 e. The monoisotopic (exact) mass is 359 g/mol. The summed E-state index contributed by atoms with van der Waals surface area (Å²) >= 11 is 0. The quantitative estimate of drug-likeness (QED) is 0.760. The summed E-state index contributed by atoms with van der Waals surface area (Å²) in [5, 5.41) is 11.5. The number of nitrogens with one attached hydrogen (secondary N) is 1. The third-order valence-corrected chi connectivity index (χ3v) is 5.01. The molecule has 2 N–H and O–H groups in total. The van der Waals surface area contributed by atoms with Gasteiger partial charge in [-0.05, 0) is 43.9 Å². The van der Waals surface area contributed by atoms with Crippen LogP contribution in [0.5, 0.6) is 0 Å². The number of sulfonamides is 1.